The molecule has 23 heavy (non-hydrogen) atoms. The first-order valence-electron chi connectivity index (χ1n) is 7.39. The van der Waals surface area contributed by atoms with Crippen molar-refractivity contribution in [3.05, 3.63) is 0 Å². The molecule has 2 aliphatic heterocycles. The Morgan fingerprint density at radius 2 is 1.83 bits per heavy atom. The molecule has 132 valence electrons. The SMILES string of the molecule is CC(C)(C)OC(=O)N1CCC2NCCOC2C1.O=C(O)C(=O)O. The van der Waals surface area contributed by atoms with Crippen molar-refractivity contribution in [1.82, 2.24) is 10.2 Å². The van der Waals surface area contributed by atoms with Crippen LogP contribution in [0.4, 0.5) is 4.79 Å². The zero-order chi connectivity index (χ0) is 17.6. The molecule has 0 aliphatic carbocycles. The molecule has 0 aromatic heterocycles. The number of carbonyl (C=O) groups is 3. The number of carboxylic acid groups (broad SMARTS) is 2. The highest BCUT2D eigenvalue weighted by Gasteiger charge is 2.35. The minimum absolute atomic E-state index is 0.116. The monoisotopic (exact) mass is 332 g/mol. The molecule has 0 aromatic rings. The zero-order valence-electron chi connectivity index (χ0n) is 13.6. The van der Waals surface area contributed by atoms with Gasteiger partial charge >= 0.3 is 18.0 Å². The van der Waals surface area contributed by atoms with Gasteiger partial charge in [0.2, 0.25) is 0 Å². The van der Waals surface area contributed by atoms with Gasteiger partial charge in [-0.15, -0.1) is 0 Å². The van der Waals surface area contributed by atoms with Gasteiger partial charge in [0, 0.05) is 19.1 Å². The van der Waals surface area contributed by atoms with Crippen LogP contribution >= 0.6 is 0 Å². The third-order valence-corrected chi connectivity index (χ3v) is 3.23. The zero-order valence-corrected chi connectivity index (χ0v) is 13.6. The summed E-state index contributed by atoms with van der Waals surface area (Å²) in [6.07, 6.45) is 0.819. The lowest BCUT2D eigenvalue weighted by molar-refractivity contribution is -0.159. The smallest absolute Gasteiger partial charge is 0.414 e. The van der Waals surface area contributed by atoms with Crippen LogP contribution in [0.25, 0.3) is 0 Å². The number of rotatable bonds is 0. The van der Waals surface area contributed by atoms with Crippen molar-refractivity contribution in [3.63, 3.8) is 0 Å². The molecule has 1 amide bonds. The summed E-state index contributed by atoms with van der Waals surface area (Å²) in [4.78, 5) is 31.9. The minimum atomic E-state index is -1.82. The van der Waals surface area contributed by atoms with Crippen molar-refractivity contribution in [3.8, 4) is 0 Å². The second kappa shape index (κ2) is 8.11. The molecule has 2 heterocycles. The number of carboxylic acids is 2. The number of morpholine rings is 1. The molecule has 0 spiro atoms. The van der Waals surface area contributed by atoms with E-state index in [1.807, 2.05) is 20.8 Å². The number of fused-ring (bicyclic) bond motifs is 1. The lowest BCUT2D eigenvalue weighted by Crippen LogP contribution is -2.59. The van der Waals surface area contributed by atoms with Crippen molar-refractivity contribution in [2.45, 2.75) is 44.9 Å². The molecule has 0 saturated carbocycles. The number of amides is 1. The Morgan fingerprint density at radius 3 is 2.35 bits per heavy atom. The number of likely N-dealkylation sites (tertiary alicyclic amines) is 1. The topological polar surface area (TPSA) is 125 Å². The van der Waals surface area contributed by atoms with Gasteiger partial charge in [0.1, 0.15) is 5.60 Å². The Balaban J connectivity index is 0.000000379. The normalized spacial score (nSPS) is 23.9. The van der Waals surface area contributed by atoms with Crippen LogP contribution in [0.15, 0.2) is 0 Å². The molecule has 2 unspecified atom stereocenters. The van der Waals surface area contributed by atoms with Crippen LogP contribution in [-0.2, 0) is 19.1 Å². The Morgan fingerprint density at radius 1 is 1.22 bits per heavy atom. The summed E-state index contributed by atoms with van der Waals surface area (Å²) in [5.74, 6) is -3.65. The number of aliphatic carboxylic acids is 2. The van der Waals surface area contributed by atoms with E-state index in [9.17, 15) is 4.79 Å². The van der Waals surface area contributed by atoms with Crippen LogP contribution in [0, 0.1) is 0 Å². The van der Waals surface area contributed by atoms with E-state index in [0.29, 0.717) is 12.6 Å². The maximum absolute atomic E-state index is 11.9. The molecule has 9 heteroatoms. The molecule has 0 bridgehead atoms. The predicted molar refractivity (Wildman–Crippen MR) is 79.2 cm³/mol. The number of nitrogens with zero attached hydrogens (tertiary/aromatic N) is 1. The largest absolute Gasteiger partial charge is 0.473 e. The van der Waals surface area contributed by atoms with Gasteiger partial charge in [0.25, 0.3) is 0 Å². The fraction of sp³-hybridized carbons (Fsp3) is 0.786. The molecule has 2 atom stereocenters. The van der Waals surface area contributed by atoms with E-state index in [-0.39, 0.29) is 12.2 Å². The summed E-state index contributed by atoms with van der Waals surface area (Å²) in [5.41, 5.74) is -0.431. The Hall–Kier alpha value is -1.87. The van der Waals surface area contributed by atoms with Gasteiger partial charge < -0.3 is 29.9 Å². The van der Waals surface area contributed by atoms with Gasteiger partial charge in [0.05, 0.1) is 19.3 Å². The summed E-state index contributed by atoms with van der Waals surface area (Å²) in [7, 11) is 0. The second-order valence-electron chi connectivity index (χ2n) is 6.30. The van der Waals surface area contributed by atoms with Crippen LogP contribution in [0.1, 0.15) is 27.2 Å². The third kappa shape index (κ3) is 6.83. The van der Waals surface area contributed by atoms with E-state index in [1.165, 1.54) is 0 Å². The molecule has 2 saturated heterocycles. The van der Waals surface area contributed by atoms with Crippen LogP contribution in [0.2, 0.25) is 0 Å². The second-order valence-corrected chi connectivity index (χ2v) is 6.30. The molecular formula is C14H24N2O7. The van der Waals surface area contributed by atoms with Crippen LogP contribution < -0.4 is 5.32 Å². The molecule has 3 N–H and O–H groups in total. The van der Waals surface area contributed by atoms with Gasteiger partial charge in [-0.05, 0) is 27.2 Å². The third-order valence-electron chi connectivity index (χ3n) is 3.23. The van der Waals surface area contributed by atoms with Crippen LogP contribution in [0.5, 0.6) is 0 Å². The number of ether oxygens (including phenoxy) is 2. The Bertz CT molecular complexity index is 435. The highest BCUT2D eigenvalue weighted by molar-refractivity contribution is 6.27. The fourth-order valence-electron chi connectivity index (χ4n) is 2.27. The molecule has 2 aliphatic rings. The summed E-state index contributed by atoms with van der Waals surface area (Å²) < 4.78 is 11.0. The Kier molecular flexibility index (Phi) is 6.77. The van der Waals surface area contributed by atoms with Crippen molar-refractivity contribution in [2.24, 2.45) is 0 Å². The number of nitrogens with one attached hydrogen (secondary N) is 1. The molecule has 2 fully saturated rings. The number of carbonyl (C=O) groups excluding carboxylic acids is 1. The minimum Gasteiger partial charge on any atom is -0.473 e. The molecule has 9 nitrogen and oxygen atoms in total. The first kappa shape index (κ1) is 19.2. The summed E-state index contributed by atoms with van der Waals surface area (Å²) in [6.45, 7) is 8.67. The van der Waals surface area contributed by atoms with Crippen molar-refractivity contribution >= 4 is 18.0 Å². The van der Waals surface area contributed by atoms with E-state index < -0.39 is 17.5 Å². The van der Waals surface area contributed by atoms with E-state index in [1.54, 1.807) is 4.90 Å². The number of hydrogen-bond donors (Lipinski definition) is 3. The fourth-order valence-corrected chi connectivity index (χ4v) is 2.27. The number of piperidine rings is 1. The lowest BCUT2D eigenvalue weighted by Gasteiger charge is -2.41. The standard InChI is InChI=1S/C12H22N2O3.C2H2O4/c1-12(2,3)17-11(15)14-6-4-9-10(8-14)16-7-5-13-9;3-1(4)2(5)6/h9-10,13H,4-8H2,1-3H3;(H,3,4)(H,5,6). The van der Waals surface area contributed by atoms with Gasteiger partial charge in [0.15, 0.2) is 0 Å². The molecule has 0 radical (unpaired) electrons. The van der Waals surface area contributed by atoms with E-state index in [2.05, 4.69) is 5.32 Å². The van der Waals surface area contributed by atoms with Crippen molar-refractivity contribution < 1.29 is 34.1 Å². The van der Waals surface area contributed by atoms with Gasteiger partial charge in [-0.3, -0.25) is 0 Å². The summed E-state index contributed by atoms with van der Waals surface area (Å²) >= 11 is 0. The maximum Gasteiger partial charge on any atom is 0.414 e. The van der Waals surface area contributed by atoms with E-state index in [4.69, 9.17) is 29.3 Å². The van der Waals surface area contributed by atoms with Crippen LogP contribution in [-0.4, -0.2) is 77.1 Å². The lowest BCUT2D eigenvalue weighted by atomic mass is 10.0. The van der Waals surface area contributed by atoms with E-state index >= 15 is 0 Å². The van der Waals surface area contributed by atoms with Crippen LogP contribution in [0.3, 0.4) is 0 Å². The van der Waals surface area contributed by atoms with Crippen molar-refractivity contribution in [1.29, 1.82) is 0 Å². The highest BCUT2D eigenvalue weighted by atomic mass is 16.6. The summed E-state index contributed by atoms with van der Waals surface area (Å²) in [6, 6.07) is 0.391. The van der Waals surface area contributed by atoms with E-state index in [0.717, 1.165) is 26.1 Å². The van der Waals surface area contributed by atoms with Gasteiger partial charge in [-0.1, -0.05) is 0 Å². The first-order valence-corrected chi connectivity index (χ1v) is 7.39. The first-order chi connectivity index (χ1) is 10.6. The van der Waals surface area contributed by atoms with Gasteiger partial charge in [-0.2, -0.15) is 0 Å². The average molecular weight is 332 g/mol. The maximum atomic E-state index is 11.9. The van der Waals surface area contributed by atoms with Crippen molar-refractivity contribution in [2.75, 3.05) is 26.2 Å². The highest BCUT2D eigenvalue weighted by Crippen LogP contribution is 2.19. The number of hydrogen-bond acceptors (Lipinski definition) is 6. The average Bonchev–Trinajstić information content (AvgIpc) is 2.45. The quantitative estimate of drug-likeness (QED) is 0.535. The molecule has 2 rings (SSSR count). The summed E-state index contributed by atoms with van der Waals surface area (Å²) in [5, 5.41) is 18.2. The van der Waals surface area contributed by atoms with Gasteiger partial charge in [-0.25, -0.2) is 14.4 Å². The Labute approximate surface area is 134 Å². The predicted octanol–water partition coefficient (Wildman–Crippen LogP) is 0.140. The molecule has 0 aromatic carbocycles. The molecular weight excluding hydrogens is 308 g/mol.